The lowest BCUT2D eigenvalue weighted by molar-refractivity contribution is 0.352. The second-order valence-electron chi connectivity index (χ2n) is 6.14. The van der Waals surface area contributed by atoms with Gasteiger partial charge in [-0.2, -0.15) is 4.98 Å². The van der Waals surface area contributed by atoms with E-state index in [1.807, 2.05) is 0 Å². The van der Waals surface area contributed by atoms with Crippen LogP contribution in [0.2, 0.25) is 0 Å². The largest absolute Gasteiger partial charge is 0.338 e. The summed E-state index contributed by atoms with van der Waals surface area (Å²) in [6, 6.07) is 0.272. The summed E-state index contributed by atoms with van der Waals surface area (Å²) in [5.41, 5.74) is 6.01. The Balaban J connectivity index is 1.59. The third-order valence-corrected chi connectivity index (χ3v) is 4.47. The molecule has 1 aliphatic carbocycles. The molecule has 1 unspecified atom stereocenters. The third kappa shape index (κ3) is 3.26. The molecule has 1 aromatic rings. The van der Waals surface area contributed by atoms with Crippen molar-refractivity contribution in [2.45, 2.75) is 57.4 Å². The van der Waals surface area contributed by atoms with Crippen LogP contribution in [0.5, 0.6) is 0 Å². The van der Waals surface area contributed by atoms with Crippen LogP contribution >= 0.6 is 0 Å². The van der Waals surface area contributed by atoms with E-state index in [0.717, 1.165) is 50.0 Å². The molecule has 1 atom stereocenters. The van der Waals surface area contributed by atoms with Crippen LogP contribution in [-0.4, -0.2) is 34.3 Å². The summed E-state index contributed by atoms with van der Waals surface area (Å²) in [6.45, 7) is 1.93. The van der Waals surface area contributed by atoms with E-state index in [9.17, 15) is 0 Å². The van der Waals surface area contributed by atoms with Crippen LogP contribution in [0.25, 0.3) is 0 Å². The normalized spacial score (nSPS) is 25.7. The molecule has 3 N–H and O–H groups in total. The molecule has 5 heteroatoms. The molecular weight excluding hydrogens is 238 g/mol. The Morgan fingerprint density at radius 2 is 2.00 bits per heavy atom. The van der Waals surface area contributed by atoms with Gasteiger partial charge in [0.1, 0.15) is 5.82 Å². The molecule has 2 heterocycles. The molecular formula is C14H25N5. The van der Waals surface area contributed by atoms with Crippen LogP contribution in [0.1, 0.15) is 50.8 Å². The Morgan fingerprint density at radius 1 is 1.16 bits per heavy atom. The summed E-state index contributed by atoms with van der Waals surface area (Å²) in [6.07, 6.45) is 10.2. The number of hydrogen-bond acceptors (Lipinski definition) is 4. The summed E-state index contributed by atoms with van der Waals surface area (Å²) >= 11 is 0. The van der Waals surface area contributed by atoms with Crippen LogP contribution < -0.4 is 10.6 Å². The highest BCUT2D eigenvalue weighted by atomic mass is 15.4. The number of nitrogens with two attached hydrogens (primary N) is 1. The van der Waals surface area contributed by atoms with Gasteiger partial charge in [0.25, 0.3) is 0 Å². The second-order valence-corrected chi connectivity index (χ2v) is 6.14. The number of piperidine rings is 1. The van der Waals surface area contributed by atoms with E-state index in [1.54, 1.807) is 0 Å². The number of anilines is 1. The summed E-state index contributed by atoms with van der Waals surface area (Å²) in [4.78, 5) is 6.88. The SMILES string of the molecule is NC1CCCN(c2n[nH]c(CC3CCCCC3)n2)C1. The zero-order chi connectivity index (χ0) is 13.1. The fraction of sp³-hybridized carbons (Fsp3) is 0.857. The van der Waals surface area contributed by atoms with Gasteiger partial charge in [0, 0.05) is 25.6 Å². The van der Waals surface area contributed by atoms with E-state index in [2.05, 4.69) is 20.1 Å². The quantitative estimate of drug-likeness (QED) is 0.873. The van der Waals surface area contributed by atoms with E-state index in [-0.39, 0.29) is 6.04 Å². The lowest BCUT2D eigenvalue weighted by Crippen LogP contribution is -2.43. The van der Waals surface area contributed by atoms with Crippen LogP contribution in [0.4, 0.5) is 5.95 Å². The predicted octanol–water partition coefficient (Wildman–Crippen LogP) is 1.85. The van der Waals surface area contributed by atoms with E-state index in [0.29, 0.717) is 0 Å². The Labute approximate surface area is 115 Å². The van der Waals surface area contributed by atoms with Crippen LogP contribution in [0.15, 0.2) is 0 Å². The monoisotopic (exact) mass is 263 g/mol. The average molecular weight is 263 g/mol. The molecule has 1 saturated heterocycles. The van der Waals surface area contributed by atoms with Gasteiger partial charge in [-0.15, -0.1) is 5.10 Å². The number of aromatic amines is 1. The van der Waals surface area contributed by atoms with Crippen molar-refractivity contribution in [3.63, 3.8) is 0 Å². The Bertz CT molecular complexity index is 396. The molecule has 2 aliphatic rings. The predicted molar refractivity (Wildman–Crippen MR) is 76.1 cm³/mol. The van der Waals surface area contributed by atoms with Gasteiger partial charge in [-0.1, -0.05) is 32.1 Å². The van der Waals surface area contributed by atoms with Gasteiger partial charge in [0.2, 0.25) is 5.95 Å². The first kappa shape index (κ1) is 12.9. The third-order valence-electron chi connectivity index (χ3n) is 4.47. The molecule has 2 fully saturated rings. The van der Waals surface area contributed by atoms with Gasteiger partial charge >= 0.3 is 0 Å². The smallest absolute Gasteiger partial charge is 0.244 e. The van der Waals surface area contributed by atoms with Crippen molar-refractivity contribution in [3.05, 3.63) is 5.82 Å². The first-order chi connectivity index (χ1) is 9.31. The van der Waals surface area contributed by atoms with Crippen molar-refractivity contribution >= 4 is 5.95 Å². The van der Waals surface area contributed by atoms with Crippen molar-refractivity contribution < 1.29 is 0 Å². The zero-order valence-corrected chi connectivity index (χ0v) is 11.6. The molecule has 1 aliphatic heterocycles. The van der Waals surface area contributed by atoms with E-state index >= 15 is 0 Å². The van der Waals surface area contributed by atoms with Crippen LogP contribution in [0.3, 0.4) is 0 Å². The Morgan fingerprint density at radius 3 is 2.79 bits per heavy atom. The Hall–Kier alpha value is -1.10. The van der Waals surface area contributed by atoms with Gasteiger partial charge < -0.3 is 10.6 Å². The van der Waals surface area contributed by atoms with Crippen LogP contribution in [0, 0.1) is 5.92 Å². The van der Waals surface area contributed by atoms with Gasteiger partial charge in [0.15, 0.2) is 0 Å². The molecule has 106 valence electrons. The molecule has 0 amide bonds. The maximum atomic E-state index is 6.01. The molecule has 5 nitrogen and oxygen atoms in total. The first-order valence-electron chi connectivity index (χ1n) is 7.73. The molecule has 1 saturated carbocycles. The van der Waals surface area contributed by atoms with Crippen LogP contribution in [-0.2, 0) is 6.42 Å². The first-order valence-corrected chi connectivity index (χ1v) is 7.73. The van der Waals surface area contributed by atoms with E-state index in [4.69, 9.17) is 5.73 Å². The minimum Gasteiger partial charge on any atom is -0.338 e. The number of H-pyrrole nitrogens is 1. The fourth-order valence-electron chi connectivity index (χ4n) is 3.37. The summed E-state index contributed by atoms with van der Waals surface area (Å²) in [5.74, 6) is 2.71. The molecule has 0 radical (unpaired) electrons. The lowest BCUT2D eigenvalue weighted by Gasteiger charge is -2.29. The van der Waals surface area contributed by atoms with Gasteiger partial charge in [-0.25, -0.2) is 0 Å². The zero-order valence-electron chi connectivity index (χ0n) is 11.6. The standard InChI is InChI=1S/C14H25N5/c15-12-7-4-8-19(10-12)14-16-13(17-18-14)9-11-5-2-1-3-6-11/h11-12H,1-10,15H2,(H,16,17,18). The lowest BCUT2D eigenvalue weighted by atomic mass is 9.87. The summed E-state index contributed by atoms with van der Waals surface area (Å²) in [5, 5.41) is 7.50. The minimum atomic E-state index is 0.272. The van der Waals surface area contributed by atoms with Gasteiger partial charge in [0.05, 0.1) is 0 Å². The molecule has 1 aromatic heterocycles. The number of nitrogens with one attached hydrogen (secondary N) is 1. The summed E-state index contributed by atoms with van der Waals surface area (Å²) < 4.78 is 0. The maximum Gasteiger partial charge on any atom is 0.244 e. The maximum absolute atomic E-state index is 6.01. The fourth-order valence-corrected chi connectivity index (χ4v) is 3.37. The average Bonchev–Trinajstić information content (AvgIpc) is 2.88. The second kappa shape index (κ2) is 5.90. The van der Waals surface area contributed by atoms with E-state index < -0.39 is 0 Å². The van der Waals surface area contributed by atoms with Crippen molar-refractivity contribution in [1.82, 2.24) is 15.2 Å². The highest BCUT2D eigenvalue weighted by Gasteiger charge is 2.21. The van der Waals surface area contributed by atoms with Crippen molar-refractivity contribution in [2.75, 3.05) is 18.0 Å². The molecule has 0 spiro atoms. The Kier molecular flexibility index (Phi) is 4.01. The highest BCUT2D eigenvalue weighted by Crippen LogP contribution is 2.26. The van der Waals surface area contributed by atoms with Gasteiger partial charge in [-0.05, 0) is 18.8 Å². The molecule has 0 aromatic carbocycles. The summed E-state index contributed by atoms with van der Waals surface area (Å²) in [7, 11) is 0. The van der Waals surface area contributed by atoms with Crippen molar-refractivity contribution in [2.24, 2.45) is 11.7 Å². The molecule has 3 rings (SSSR count). The minimum absolute atomic E-state index is 0.272. The highest BCUT2D eigenvalue weighted by molar-refractivity contribution is 5.30. The van der Waals surface area contributed by atoms with Crippen molar-refractivity contribution in [1.29, 1.82) is 0 Å². The number of nitrogens with zero attached hydrogens (tertiary/aromatic N) is 3. The molecule has 19 heavy (non-hydrogen) atoms. The van der Waals surface area contributed by atoms with Gasteiger partial charge in [-0.3, -0.25) is 5.10 Å². The van der Waals surface area contributed by atoms with E-state index in [1.165, 1.54) is 32.1 Å². The topological polar surface area (TPSA) is 70.8 Å². The number of hydrogen-bond donors (Lipinski definition) is 2. The van der Waals surface area contributed by atoms with Crippen molar-refractivity contribution in [3.8, 4) is 0 Å². The number of aromatic nitrogens is 3. The number of rotatable bonds is 3. The molecule has 0 bridgehead atoms.